The van der Waals surface area contributed by atoms with E-state index in [4.69, 9.17) is 14.9 Å². The monoisotopic (exact) mass is 260 g/mol. The second kappa shape index (κ2) is 5.48. The molecule has 100 valence electrons. The van der Waals surface area contributed by atoms with Gasteiger partial charge in [-0.25, -0.2) is 0 Å². The summed E-state index contributed by atoms with van der Waals surface area (Å²) in [6, 6.07) is 8.49. The molecule has 0 aliphatic heterocycles. The minimum Gasteiger partial charge on any atom is -0.497 e. The Hall–Kier alpha value is -2.43. The van der Waals surface area contributed by atoms with Gasteiger partial charge in [-0.3, -0.25) is 4.79 Å². The lowest BCUT2D eigenvalue weighted by Gasteiger charge is -2.08. The van der Waals surface area contributed by atoms with Gasteiger partial charge in [-0.1, -0.05) is 6.92 Å². The van der Waals surface area contributed by atoms with Gasteiger partial charge in [0.1, 0.15) is 11.5 Å². The molecule has 19 heavy (non-hydrogen) atoms. The topological polar surface area (TPSA) is 77.5 Å². The molecule has 2 aromatic rings. The zero-order chi connectivity index (χ0) is 13.8. The molecule has 0 atom stereocenters. The maximum Gasteiger partial charge on any atom is 0.291 e. The molecule has 0 saturated heterocycles. The van der Waals surface area contributed by atoms with E-state index in [9.17, 15) is 4.79 Å². The molecule has 0 bridgehead atoms. The number of furan rings is 1. The Balaban J connectivity index is 2.18. The van der Waals surface area contributed by atoms with Gasteiger partial charge in [-0.15, -0.1) is 0 Å². The smallest absolute Gasteiger partial charge is 0.291 e. The zero-order valence-electron chi connectivity index (χ0n) is 10.9. The largest absolute Gasteiger partial charge is 0.497 e. The highest BCUT2D eigenvalue weighted by Gasteiger charge is 2.12. The van der Waals surface area contributed by atoms with Gasteiger partial charge in [0.2, 0.25) is 0 Å². The van der Waals surface area contributed by atoms with Gasteiger partial charge in [0.15, 0.2) is 5.76 Å². The molecule has 1 aromatic heterocycles. The van der Waals surface area contributed by atoms with Gasteiger partial charge in [0, 0.05) is 12.5 Å². The summed E-state index contributed by atoms with van der Waals surface area (Å²) in [6.07, 6.45) is 0.745. The molecule has 0 fully saturated rings. The van der Waals surface area contributed by atoms with Crippen LogP contribution in [0.5, 0.6) is 5.75 Å². The van der Waals surface area contributed by atoms with Crippen molar-refractivity contribution in [1.29, 1.82) is 0 Å². The van der Waals surface area contributed by atoms with Crippen LogP contribution in [-0.4, -0.2) is 13.0 Å². The Morgan fingerprint density at radius 1 is 1.37 bits per heavy atom. The normalized spacial score (nSPS) is 10.2. The number of methoxy groups -OCH3 is 1. The van der Waals surface area contributed by atoms with E-state index in [-0.39, 0.29) is 11.7 Å². The number of hydrogen-bond acceptors (Lipinski definition) is 4. The van der Waals surface area contributed by atoms with Crippen LogP contribution in [0, 0.1) is 0 Å². The van der Waals surface area contributed by atoms with Crippen molar-refractivity contribution in [2.24, 2.45) is 0 Å². The van der Waals surface area contributed by atoms with Crippen LogP contribution in [0.4, 0.5) is 11.4 Å². The van der Waals surface area contributed by atoms with Gasteiger partial charge in [0.05, 0.1) is 18.5 Å². The molecular weight excluding hydrogens is 244 g/mol. The minimum atomic E-state index is -0.334. The number of nitrogen functional groups attached to an aromatic ring is 1. The number of benzene rings is 1. The highest BCUT2D eigenvalue weighted by molar-refractivity contribution is 6.04. The van der Waals surface area contributed by atoms with Gasteiger partial charge in [-0.05, 0) is 24.3 Å². The lowest BCUT2D eigenvalue weighted by molar-refractivity contribution is 0.0995. The summed E-state index contributed by atoms with van der Waals surface area (Å²) in [5.74, 6) is 1.32. The Labute approximate surface area is 111 Å². The third kappa shape index (κ3) is 2.88. The van der Waals surface area contributed by atoms with E-state index < -0.39 is 0 Å². The lowest BCUT2D eigenvalue weighted by Crippen LogP contribution is -2.12. The van der Waals surface area contributed by atoms with E-state index in [1.165, 1.54) is 0 Å². The van der Waals surface area contributed by atoms with Crippen molar-refractivity contribution in [3.63, 3.8) is 0 Å². The molecule has 0 aliphatic carbocycles. The number of nitrogens with one attached hydrogen (secondary N) is 1. The van der Waals surface area contributed by atoms with Crippen molar-refractivity contribution < 1.29 is 13.9 Å². The summed E-state index contributed by atoms with van der Waals surface area (Å²) in [6.45, 7) is 1.96. The number of amides is 1. The molecule has 5 heteroatoms. The number of carbonyl (C=O) groups is 1. The fraction of sp³-hybridized carbons (Fsp3) is 0.214. The molecule has 2 rings (SSSR count). The van der Waals surface area contributed by atoms with Crippen LogP contribution in [-0.2, 0) is 6.42 Å². The van der Waals surface area contributed by atoms with Gasteiger partial charge in [0.25, 0.3) is 5.91 Å². The van der Waals surface area contributed by atoms with Crippen LogP contribution < -0.4 is 15.8 Å². The summed E-state index contributed by atoms with van der Waals surface area (Å²) in [5.41, 5.74) is 6.77. The number of anilines is 2. The molecule has 1 aromatic carbocycles. The average molecular weight is 260 g/mol. The molecule has 3 N–H and O–H groups in total. The van der Waals surface area contributed by atoms with Gasteiger partial charge < -0.3 is 20.2 Å². The predicted molar refractivity (Wildman–Crippen MR) is 73.4 cm³/mol. The van der Waals surface area contributed by atoms with E-state index in [1.807, 2.05) is 6.92 Å². The first-order valence-electron chi connectivity index (χ1n) is 5.97. The SMILES string of the molecule is CCc1ccc(C(=O)Nc2cc(OC)ccc2N)o1. The first kappa shape index (κ1) is 13.0. The summed E-state index contributed by atoms with van der Waals surface area (Å²) in [7, 11) is 1.55. The Morgan fingerprint density at radius 3 is 2.79 bits per heavy atom. The number of aryl methyl sites for hydroxylation is 1. The zero-order valence-corrected chi connectivity index (χ0v) is 10.9. The summed E-state index contributed by atoms with van der Waals surface area (Å²) < 4.78 is 10.5. The fourth-order valence-electron chi connectivity index (χ4n) is 1.64. The van der Waals surface area contributed by atoms with E-state index in [1.54, 1.807) is 37.4 Å². The van der Waals surface area contributed by atoms with Crippen LogP contribution in [0.25, 0.3) is 0 Å². The third-order valence-electron chi connectivity index (χ3n) is 2.74. The quantitative estimate of drug-likeness (QED) is 0.828. The first-order valence-corrected chi connectivity index (χ1v) is 5.97. The maximum absolute atomic E-state index is 12.0. The Morgan fingerprint density at radius 2 is 2.16 bits per heavy atom. The Kier molecular flexibility index (Phi) is 3.75. The van der Waals surface area contributed by atoms with Crippen molar-refractivity contribution in [3.05, 3.63) is 41.9 Å². The molecule has 1 heterocycles. The van der Waals surface area contributed by atoms with E-state index >= 15 is 0 Å². The number of hydrogen-bond donors (Lipinski definition) is 2. The molecular formula is C14H16N2O3. The van der Waals surface area contributed by atoms with E-state index in [0.717, 1.165) is 12.2 Å². The molecule has 0 aliphatic rings. The summed E-state index contributed by atoms with van der Waals surface area (Å²) >= 11 is 0. The van der Waals surface area contributed by atoms with E-state index in [2.05, 4.69) is 5.32 Å². The molecule has 1 amide bonds. The van der Waals surface area contributed by atoms with Crippen molar-refractivity contribution in [2.45, 2.75) is 13.3 Å². The van der Waals surface area contributed by atoms with Crippen LogP contribution in [0.2, 0.25) is 0 Å². The minimum absolute atomic E-state index is 0.263. The highest BCUT2D eigenvalue weighted by Crippen LogP contribution is 2.25. The van der Waals surface area contributed by atoms with E-state index in [0.29, 0.717) is 17.1 Å². The van der Waals surface area contributed by atoms with Crippen molar-refractivity contribution in [2.75, 3.05) is 18.2 Å². The fourth-order valence-corrected chi connectivity index (χ4v) is 1.64. The molecule has 0 spiro atoms. The molecule has 5 nitrogen and oxygen atoms in total. The summed E-state index contributed by atoms with van der Waals surface area (Å²) in [4.78, 5) is 12.0. The summed E-state index contributed by atoms with van der Waals surface area (Å²) in [5, 5.41) is 2.70. The molecule has 0 unspecified atom stereocenters. The lowest BCUT2D eigenvalue weighted by atomic mass is 10.2. The van der Waals surface area contributed by atoms with Crippen molar-refractivity contribution in [3.8, 4) is 5.75 Å². The highest BCUT2D eigenvalue weighted by atomic mass is 16.5. The second-order valence-corrected chi connectivity index (χ2v) is 4.03. The van der Waals surface area contributed by atoms with Crippen LogP contribution in [0.3, 0.4) is 0 Å². The second-order valence-electron chi connectivity index (χ2n) is 4.03. The molecule has 0 radical (unpaired) electrons. The Bertz CT molecular complexity index is 590. The molecule has 0 saturated carbocycles. The number of rotatable bonds is 4. The average Bonchev–Trinajstić information content (AvgIpc) is 2.90. The standard InChI is InChI=1S/C14H16N2O3/c1-3-9-5-7-13(19-9)14(17)16-12-8-10(18-2)4-6-11(12)15/h4-8H,3,15H2,1-2H3,(H,16,17). The van der Waals surface area contributed by atoms with Gasteiger partial charge >= 0.3 is 0 Å². The van der Waals surface area contributed by atoms with Crippen molar-refractivity contribution >= 4 is 17.3 Å². The number of ether oxygens (including phenoxy) is 1. The number of carbonyl (C=O) groups excluding carboxylic acids is 1. The van der Waals surface area contributed by atoms with Gasteiger partial charge in [-0.2, -0.15) is 0 Å². The van der Waals surface area contributed by atoms with Crippen molar-refractivity contribution in [1.82, 2.24) is 0 Å². The number of nitrogens with two attached hydrogens (primary N) is 1. The maximum atomic E-state index is 12.0. The van der Waals surface area contributed by atoms with Crippen LogP contribution >= 0.6 is 0 Å². The van der Waals surface area contributed by atoms with Crippen LogP contribution in [0.15, 0.2) is 34.7 Å². The van der Waals surface area contributed by atoms with Crippen LogP contribution in [0.1, 0.15) is 23.2 Å². The predicted octanol–water partition coefficient (Wildman–Crippen LogP) is 2.69. The first-order chi connectivity index (χ1) is 9.13. The third-order valence-corrected chi connectivity index (χ3v) is 2.74.